The number of methoxy groups -OCH3 is 2. The number of hydrogen-bond donors (Lipinski definition) is 1. The highest BCUT2D eigenvalue weighted by Crippen LogP contribution is 2.30. The molecule has 3 rings (SSSR count). The van der Waals surface area contributed by atoms with Gasteiger partial charge in [-0.15, -0.1) is 11.3 Å². The Morgan fingerprint density at radius 3 is 2.65 bits per heavy atom. The summed E-state index contributed by atoms with van der Waals surface area (Å²) >= 11 is 1.62. The number of aryl methyl sites for hydroxylation is 1. The predicted octanol–water partition coefficient (Wildman–Crippen LogP) is 3.70. The molecule has 2 aromatic heterocycles. The van der Waals surface area contributed by atoms with Crippen molar-refractivity contribution in [3.05, 3.63) is 47.0 Å². The van der Waals surface area contributed by atoms with E-state index in [1.165, 1.54) is 12.0 Å². The number of fused-ring (bicyclic) bond motifs is 1. The molecule has 1 aromatic carbocycles. The number of anilines is 1. The first-order chi connectivity index (χ1) is 12.6. The van der Waals surface area contributed by atoms with E-state index in [0.717, 1.165) is 16.6 Å². The van der Waals surface area contributed by atoms with Crippen LogP contribution in [0.2, 0.25) is 0 Å². The van der Waals surface area contributed by atoms with Crippen molar-refractivity contribution in [2.45, 2.75) is 19.9 Å². The first-order valence-electron chi connectivity index (χ1n) is 8.20. The number of benzene rings is 1. The Morgan fingerprint density at radius 2 is 1.96 bits per heavy atom. The van der Waals surface area contributed by atoms with Crippen LogP contribution < -0.4 is 10.1 Å². The minimum atomic E-state index is -0.462. The summed E-state index contributed by atoms with van der Waals surface area (Å²) in [5, 5.41) is 2.84. The van der Waals surface area contributed by atoms with Crippen molar-refractivity contribution in [2.24, 2.45) is 0 Å². The van der Waals surface area contributed by atoms with Crippen LogP contribution in [0.5, 0.6) is 5.75 Å². The third-order valence-corrected chi connectivity index (χ3v) is 5.28. The molecular weight excluding hydrogens is 352 g/mol. The molecular formula is C19H20N2O4S. The smallest absolute Gasteiger partial charge is 0.354 e. The van der Waals surface area contributed by atoms with Gasteiger partial charge < -0.3 is 19.4 Å². The van der Waals surface area contributed by atoms with Crippen molar-refractivity contribution in [2.75, 3.05) is 19.5 Å². The summed E-state index contributed by atoms with van der Waals surface area (Å²) in [6.45, 7) is 2.08. The second kappa shape index (κ2) is 7.61. The lowest BCUT2D eigenvalue weighted by Crippen LogP contribution is -2.22. The zero-order valence-corrected chi connectivity index (χ0v) is 15.7. The first kappa shape index (κ1) is 18.0. The van der Waals surface area contributed by atoms with Crippen LogP contribution in [0.1, 0.15) is 22.3 Å². The number of ether oxygens (including phenoxy) is 2. The Balaban J connectivity index is 1.92. The number of esters is 1. The highest BCUT2D eigenvalue weighted by Gasteiger charge is 2.20. The van der Waals surface area contributed by atoms with Crippen LogP contribution >= 0.6 is 11.3 Å². The average Bonchev–Trinajstić information content (AvgIpc) is 3.20. The summed E-state index contributed by atoms with van der Waals surface area (Å²) in [5.74, 6) is -0.131. The van der Waals surface area contributed by atoms with Crippen LogP contribution in [0.4, 0.5) is 5.69 Å². The molecule has 0 bridgehead atoms. The number of para-hydroxylation sites is 2. The van der Waals surface area contributed by atoms with Crippen LogP contribution in [-0.4, -0.2) is 30.7 Å². The zero-order valence-electron chi connectivity index (χ0n) is 14.9. The number of thiophene rings is 1. The number of rotatable bonds is 6. The van der Waals surface area contributed by atoms with Gasteiger partial charge in [-0.25, -0.2) is 4.79 Å². The molecule has 1 amide bonds. The van der Waals surface area contributed by atoms with Crippen molar-refractivity contribution < 1.29 is 19.1 Å². The number of carbonyl (C=O) groups excluding carboxylic acids is 2. The highest BCUT2D eigenvalue weighted by atomic mass is 32.1. The lowest BCUT2D eigenvalue weighted by Gasteiger charge is -2.12. The summed E-state index contributed by atoms with van der Waals surface area (Å²) in [4.78, 5) is 25.9. The van der Waals surface area contributed by atoms with E-state index in [0.29, 0.717) is 17.1 Å². The maximum Gasteiger partial charge on any atom is 0.354 e. The third-order valence-electron chi connectivity index (χ3n) is 4.07. The number of hydrogen-bond acceptors (Lipinski definition) is 5. The number of nitrogens with zero attached hydrogens (tertiary/aromatic N) is 1. The van der Waals surface area contributed by atoms with Crippen LogP contribution in [0.3, 0.4) is 0 Å². The minimum absolute atomic E-state index is 0.00582. The van der Waals surface area contributed by atoms with Gasteiger partial charge >= 0.3 is 5.97 Å². The Labute approximate surface area is 155 Å². The topological polar surface area (TPSA) is 69.6 Å². The Kier molecular flexibility index (Phi) is 5.27. The van der Waals surface area contributed by atoms with Gasteiger partial charge in [0.25, 0.3) is 0 Å². The minimum Gasteiger partial charge on any atom is -0.495 e. The number of carbonyl (C=O) groups is 2. The molecule has 0 unspecified atom stereocenters. The molecule has 136 valence electrons. The van der Waals surface area contributed by atoms with Crippen molar-refractivity contribution in [3.63, 3.8) is 0 Å². The summed E-state index contributed by atoms with van der Waals surface area (Å²) in [6, 6.07) is 11.0. The van der Waals surface area contributed by atoms with Gasteiger partial charge in [0, 0.05) is 4.88 Å². The lowest BCUT2D eigenvalue weighted by molar-refractivity contribution is -0.116. The molecule has 3 aromatic rings. The van der Waals surface area contributed by atoms with E-state index in [-0.39, 0.29) is 12.5 Å². The molecule has 0 aliphatic heterocycles. The molecule has 0 saturated carbocycles. The quantitative estimate of drug-likeness (QED) is 0.670. The Hall–Kier alpha value is -2.80. The molecule has 0 fully saturated rings. The summed E-state index contributed by atoms with van der Waals surface area (Å²) in [7, 11) is 2.88. The van der Waals surface area contributed by atoms with Gasteiger partial charge in [0.2, 0.25) is 5.91 Å². The highest BCUT2D eigenvalue weighted by molar-refractivity contribution is 7.19. The molecule has 0 spiro atoms. The van der Waals surface area contributed by atoms with Crippen molar-refractivity contribution in [3.8, 4) is 5.75 Å². The van der Waals surface area contributed by atoms with Crippen molar-refractivity contribution in [1.29, 1.82) is 0 Å². The van der Waals surface area contributed by atoms with Crippen LogP contribution in [0, 0.1) is 0 Å². The molecule has 0 atom stereocenters. The van der Waals surface area contributed by atoms with Gasteiger partial charge in [0.05, 0.1) is 30.1 Å². The van der Waals surface area contributed by atoms with E-state index in [9.17, 15) is 9.59 Å². The van der Waals surface area contributed by atoms with E-state index >= 15 is 0 Å². The van der Waals surface area contributed by atoms with Gasteiger partial charge in [-0.05, 0) is 30.7 Å². The number of amides is 1. The maximum atomic E-state index is 12.6. The zero-order chi connectivity index (χ0) is 18.7. The molecule has 26 heavy (non-hydrogen) atoms. The Bertz CT molecular complexity index is 958. The predicted molar refractivity (Wildman–Crippen MR) is 102 cm³/mol. The molecule has 2 heterocycles. The number of aromatic nitrogens is 1. The molecule has 0 saturated heterocycles. The molecule has 0 radical (unpaired) electrons. The van der Waals surface area contributed by atoms with Crippen molar-refractivity contribution >= 4 is 39.1 Å². The number of nitrogens with one attached hydrogen (secondary N) is 1. The van der Waals surface area contributed by atoms with Gasteiger partial charge in [-0.3, -0.25) is 4.79 Å². The van der Waals surface area contributed by atoms with Crippen molar-refractivity contribution in [1.82, 2.24) is 4.57 Å². The summed E-state index contributed by atoms with van der Waals surface area (Å²) < 4.78 is 12.8. The fourth-order valence-corrected chi connectivity index (χ4v) is 3.83. The monoisotopic (exact) mass is 372 g/mol. The second-order valence-corrected chi connectivity index (χ2v) is 6.84. The fraction of sp³-hybridized carbons (Fsp3) is 0.263. The summed E-state index contributed by atoms with van der Waals surface area (Å²) in [5.41, 5.74) is 1.82. The van der Waals surface area contributed by atoms with E-state index in [1.807, 2.05) is 18.2 Å². The van der Waals surface area contributed by atoms with Gasteiger partial charge in [0.1, 0.15) is 18.0 Å². The largest absolute Gasteiger partial charge is 0.495 e. The normalized spacial score (nSPS) is 10.7. The molecule has 0 aliphatic carbocycles. The Morgan fingerprint density at radius 1 is 1.19 bits per heavy atom. The van der Waals surface area contributed by atoms with Gasteiger partial charge in [-0.1, -0.05) is 19.1 Å². The molecule has 6 nitrogen and oxygen atoms in total. The summed E-state index contributed by atoms with van der Waals surface area (Å²) in [6.07, 6.45) is 0.903. The van der Waals surface area contributed by atoms with E-state index in [1.54, 1.807) is 41.2 Å². The standard InChI is InChI=1S/C19H20N2O4S/c1-4-12-9-14-17(26-12)10-15(19(23)25-3)21(14)11-18(22)20-13-7-5-6-8-16(13)24-2/h5-10H,4,11H2,1-3H3,(H,20,22). The van der Waals surface area contributed by atoms with Crippen LogP contribution in [0.15, 0.2) is 36.4 Å². The van der Waals surface area contributed by atoms with Crippen LogP contribution in [-0.2, 0) is 22.5 Å². The second-order valence-electron chi connectivity index (χ2n) is 5.67. The van der Waals surface area contributed by atoms with E-state index in [4.69, 9.17) is 9.47 Å². The SMILES string of the molecule is CCc1cc2c(cc(C(=O)OC)n2CC(=O)Nc2ccccc2OC)s1. The van der Waals surface area contributed by atoms with E-state index in [2.05, 4.69) is 12.2 Å². The molecule has 0 aliphatic rings. The van der Waals surface area contributed by atoms with Gasteiger partial charge in [-0.2, -0.15) is 0 Å². The van der Waals surface area contributed by atoms with Crippen LogP contribution in [0.25, 0.3) is 10.2 Å². The fourth-order valence-electron chi connectivity index (χ4n) is 2.79. The lowest BCUT2D eigenvalue weighted by atomic mass is 10.3. The first-order valence-corrected chi connectivity index (χ1v) is 9.02. The average molecular weight is 372 g/mol. The maximum absolute atomic E-state index is 12.6. The van der Waals surface area contributed by atoms with E-state index < -0.39 is 5.97 Å². The third kappa shape index (κ3) is 3.43. The molecule has 7 heteroatoms. The van der Waals surface area contributed by atoms with Gasteiger partial charge in [0.15, 0.2) is 0 Å². The molecule has 1 N–H and O–H groups in total.